The van der Waals surface area contributed by atoms with Gasteiger partial charge in [0.15, 0.2) is 0 Å². The normalized spacial score (nSPS) is 28.0. The highest BCUT2D eigenvalue weighted by Crippen LogP contribution is 2.40. The van der Waals surface area contributed by atoms with Crippen molar-refractivity contribution < 1.29 is 4.74 Å². The maximum Gasteiger partial charge on any atom is 0.0476 e. The second-order valence-corrected chi connectivity index (χ2v) is 8.71. The zero-order chi connectivity index (χ0) is 6.69. The molecule has 1 fully saturated rings. The van der Waals surface area contributed by atoms with Crippen LogP contribution in [-0.4, -0.2) is 24.7 Å². The first-order chi connectivity index (χ1) is 4.30. The van der Waals surface area contributed by atoms with E-state index in [1.165, 1.54) is 12.8 Å². The Morgan fingerprint density at radius 2 is 2.00 bits per heavy atom. The van der Waals surface area contributed by atoms with Crippen molar-refractivity contribution in [2.24, 2.45) is 0 Å². The van der Waals surface area contributed by atoms with Crippen molar-refractivity contribution in [2.45, 2.75) is 18.1 Å². The van der Waals surface area contributed by atoms with Crippen molar-refractivity contribution in [1.29, 1.82) is 0 Å². The zero-order valence-electron chi connectivity index (χ0n) is 5.64. The van der Waals surface area contributed by atoms with Gasteiger partial charge in [0.1, 0.15) is 0 Å². The van der Waals surface area contributed by atoms with Crippen LogP contribution in [0.4, 0.5) is 0 Å². The number of hydrogen-bond donors (Lipinski definition) is 1. The molecule has 0 amide bonds. The van der Waals surface area contributed by atoms with Gasteiger partial charge in [0.2, 0.25) is 0 Å². The second-order valence-electron chi connectivity index (χ2n) is 2.37. The number of halogens is 1. The van der Waals surface area contributed by atoms with Gasteiger partial charge in [-0.3, -0.25) is 0 Å². The zero-order valence-corrected chi connectivity index (χ0v) is 8.69. The molecule has 9 heavy (non-hydrogen) atoms. The summed E-state index contributed by atoms with van der Waals surface area (Å²) in [5.74, 6) is 0. The summed E-state index contributed by atoms with van der Waals surface area (Å²) in [5.41, 5.74) is 0. The summed E-state index contributed by atoms with van der Waals surface area (Å²) in [6, 6.07) is 0. The molecule has 1 heterocycles. The fraction of sp³-hybridized carbons (Fsp3) is 1.00. The van der Waals surface area contributed by atoms with Gasteiger partial charge in [0.05, 0.1) is 0 Å². The van der Waals surface area contributed by atoms with Gasteiger partial charge in [-0.25, -0.2) is 0 Å². The Bertz CT molecular complexity index is 81.1. The highest BCUT2D eigenvalue weighted by atomic mass is 127. The summed E-state index contributed by atoms with van der Waals surface area (Å²) < 4.78 is 5.26. The Morgan fingerprint density at radius 3 is 2.33 bits per heavy atom. The molecule has 1 atom stereocenters. The Labute approximate surface area is 71.5 Å². The van der Waals surface area contributed by atoms with Gasteiger partial charge in [-0.1, -0.05) is 0 Å². The van der Waals surface area contributed by atoms with Crippen LogP contribution in [-0.2, 0) is 4.74 Å². The van der Waals surface area contributed by atoms with Gasteiger partial charge < -0.3 is 4.74 Å². The van der Waals surface area contributed by atoms with E-state index in [-0.39, 0.29) is 8.07 Å². The largest absolute Gasteiger partial charge is 0.381 e. The SMILES string of the molecule is C[SH](I)C1CCOCC1. The highest BCUT2D eigenvalue weighted by Gasteiger charge is 2.15. The van der Waals surface area contributed by atoms with Gasteiger partial charge in [-0.15, -0.1) is 0 Å². The van der Waals surface area contributed by atoms with E-state index in [2.05, 4.69) is 27.5 Å². The lowest BCUT2D eigenvalue weighted by atomic mass is 10.2. The Morgan fingerprint density at radius 1 is 1.44 bits per heavy atom. The van der Waals surface area contributed by atoms with Crippen molar-refractivity contribution in [3.8, 4) is 0 Å². The number of hydrogen-bond acceptors (Lipinski definition) is 1. The first kappa shape index (κ1) is 8.14. The average Bonchev–Trinajstić information content (AvgIpc) is 1.90. The standard InChI is InChI=1S/C6H13IOS/c1-9(7)6-2-4-8-5-3-6/h6,9H,2-5H2,1H3. The molecule has 1 unspecified atom stereocenters. The molecular formula is C6H13IOS. The van der Waals surface area contributed by atoms with Crippen LogP contribution in [0.5, 0.6) is 0 Å². The molecule has 1 saturated heterocycles. The van der Waals surface area contributed by atoms with E-state index in [9.17, 15) is 0 Å². The summed E-state index contributed by atoms with van der Waals surface area (Å²) in [7, 11) is 0.271. The summed E-state index contributed by atoms with van der Waals surface area (Å²) in [4.78, 5) is 0. The third-order valence-electron chi connectivity index (χ3n) is 1.69. The first-order valence-corrected chi connectivity index (χ1v) is 7.91. The van der Waals surface area contributed by atoms with Crippen LogP contribution in [0.15, 0.2) is 0 Å². The lowest BCUT2D eigenvalue weighted by Crippen LogP contribution is -2.18. The Hall–Kier alpha value is 1.04. The Kier molecular flexibility index (Phi) is 3.65. The minimum atomic E-state index is 0.271. The maximum absolute atomic E-state index is 5.26. The molecule has 0 aromatic carbocycles. The van der Waals surface area contributed by atoms with E-state index in [0.717, 1.165) is 18.5 Å². The van der Waals surface area contributed by atoms with Gasteiger partial charge in [-0.05, 0) is 45.6 Å². The predicted molar refractivity (Wildman–Crippen MR) is 52.8 cm³/mol. The molecule has 0 aromatic rings. The molecule has 0 N–H and O–H groups in total. The van der Waals surface area contributed by atoms with Crippen LogP contribution >= 0.6 is 29.3 Å². The quantitative estimate of drug-likeness (QED) is 0.561. The topological polar surface area (TPSA) is 9.23 Å². The molecular weight excluding hydrogens is 247 g/mol. The third kappa shape index (κ3) is 2.63. The lowest BCUT2D eigenvalue weighted by molar-refractivity contribution is 0.100. The molecule has 0 radical (unpaired) electrons. The fourth-order valence-corrected chi connectivity index (χ4v) is 3.63. The summed E-state index contributed by atoms with van der Waals surface area (Å²) in [5, 5.41) is 0.981. The fourth-order valence-electron chi connectivity index (χ4n) is 1.04. The van der Waals surface area contributed by atoms with Crippen molar-refractivity contribution in [2.75, 3.05) is 19.5 Å². The molecule has 1 rings (SSSR count). The molecule has 0 saturated carbocycles. The van der Waals surface area contributed by atoms with Crippen molar-refractivity contribution in [3.63, 3.8) is 0 Å². The third-order valence-corrected chi connectivity index (χ3v) is 5.58. The van der Waals surface area contributed by atoms with Gasteiger partial charge in [0.25, 0.3) is 0 Å². The molecule has 0 spiro atoms. The smallest absolute Gasteiger partial charge is 0.0476 e. The van der Waals surface area contributed by atoms with Gasteiger partial charge >= 0.3 is 0 Å². The van der Waals surface area contributed by atoms with E-state index in [1.807, 2.05) is 0 Å². The molecule has 1 aliphatic heterocycles. The average molecular weight is 260 g/mol. The first-order valence-electron chi connectivity index (χ1n) is 3.27. The number of thiol groups is 1. The van der Waals surface area contributed by atoms with Crippen LogP contribution in [0.1, 0.15) is 12.8 Å². The minimum absolute atomic E-state index is 0.271. The summed E-state index contributed by atoms with van der Waals surface area (Å²) in [6.07, 6.45) is 4.95. The second kappa shape index (κ2) is 4.03. The molecule has 1 nitrogen and oxygen atoms in total. The lowest BCUT2D eigenvalue weighted by Gasteiger charge is -2.26. The predicted octanol–water partition coefficient (Wildman–Crippen LogP) is 2.15. The van der Waals surface area contributed by atoms with E-state index >= 15 is 0 Å². The summed E-state index contributed by atoms with van der Waals surface area (Å²) >= 11 is 2.57. The Balaban J connectivity index is 2.23. The van der Waals surface area contributed by atoms with E-state index in [1.54, 1.807) is 0 Å². The van der Waals surface area contributed by atoms with Crippen LogP contribution in [0.3, 0.4) is 0 Å². The number of ether oxygens (including phenoxy) is 1. The van der Waals surface area contributed by atoms with Crippen molar-refractivity contribution >= 4 is 29.3 Å². The van der Waals surface area contributed by atoms with Crippen LogP contribution in [0.25, 0.3) is 0 Å². The van der Waals surface area contributed by atoms with E-state index in [0.29, 0.717) is 0 Å². The minimum Gasteiger partial charge on any atom is -0.381 e. The van der Waals surface area contributed by atoms with E-state index in [4.69, 9.17) is 4.74 Å². The van der Waals surface area contributed by atoms with Crippen LogP contribution in [0.2, 0.25) is 0 Å². The molecule has 3 heteroatoms. The molecule has 0 aromatic heterocycles. The van der Waals surface area contributed by atoms with E-state index < -0.39 is 0 Å². The monoisotopic (exact) mass is 260 g/mol. The van der Waals surface area contributed by atoms with Crippen LogP contribution in [0, 0.1) is 0 Å². The molecule has 1 aliphatic rings. The highest BCUT2D eigenvalue weighted by molar-refractivity contribution is 14.2. The molecule has 56 valence electrons. The van der Waals surface area contributed by atoms with Crippen molar-refractivity contribution in [1.82, 2.24) is 0 Å². The molecule has 0 bridgehead atoms. The number of rotatable bonds is 1. The van der Waals surface area contributed by atoms with Crippen LogP contribution < -0.4 is 0 Å². The summed E-state index contributed by atoms with van der Waals surface area (Å²) in [6.45, 7) is 2.00. The maximum atomic E-state index is 5.26. The van der Waals surface area contributed by atoms with Gasteiger partial charge in [0, 0.05) is 13.2 Å². The van der Waals surface area contributed by atoms with Crippen molar-refractivity contribution in [3.05, 3.63) is 0 Å². The molecule has 0 aliphatic carbocycles. The van der Waals surface area contributed by atoms with Gasteiger partial charge in [-0.2, -0.15) is 8.07 Å².